The minimum atomic E-state index is -1.31. The minimum Gasteiger partial charge on any atom is -0.380 e. The van der Waals surface area contributed by atoms with Crippen LogP contribution in [0.25, 0.3) is 0 Å². The Balaban J connectivity index is 1.94. The number of rotatable bonds is 4. The number of carbonyl (C=O) groups is 1. The minimum absolute atomic E-state index is 0.205. The maximum atomic E-state index is 13.7. The summed E-state index contributed by atoms with van der Waals surface area (Å²) < 4.78 is 26.5. The first-order valence-corrected chi connectivity index (χ1v) is 8.11. The summed E-state index contributed by atoms with van der Waals surface area (Å²) in [6, 6.07) is 3.41. The monoisotopic (exact) mass is 315 g/mol. The summed E-state index contributed by atoms with van der Waals surface area (Å²) in [6.45, 7) is 1.95. The predicted molar refractivity (Wildman–Crippen MR) is 79.3 cm³/mol. The molecule has 1 aliphatic rings. The topological polar surface area (TPSA) is 49.3 Å². The number of thioether (sulfide) groups is 1. The van der Waals surface area contributed by atoms with E-state index in [9.17, 15) is 18.7 Å². The second-order valence-electron chi connectivity index (χ2n) is 5.42. The van der Waals surface area contributed by atoms with Crippen molar-refractivity contribution in [2.45, 2.75) is 31.3 Å². The SMILES string of the molecule is C[C@@H](CNC(=O)C1(O)CCSCC1)c1ccc(F)cc1F. The van der Waals surface area contributed by atoms with Gasteiger partial charge >= 0.3 is 0 Å². The van der Waals surface area contributed by atoms with Gasteiger partial charge in [-0.15, -0.1) is 0 Å². The summed E-state index contributed by atoms with van der Waals surface area (Å²) in [7, 11) is 0. The van der Waals surface area contributed by atoms with Crippen molar-refractivity contribution in [3.05, 3.63) is 35.4 Å². The van der Waals surface area contributed by atoms with Gasteiger partial charge < -0.3 is 10.4 Å². The molecule has 1 aliphatic heterocycles. The van der Waals surface area contributed by atoms with Gasteiger partial charge in [0.05, 0.1) is 0 Å². The second kappa shape index (κ2) is 6.75. The van der Waals surface area contributed by atoms with Crippen LogP contribution in [0.1, 0.15) is 31.2 Å². The van der Waals surface area contributed by atoms with E-state index in [4.69, 9.17) is 0 Å². The van der Waals surface area contributed by atoms with Crippen molar-refractivity contribution >= 4 is 17.7 Å². The van der Waals surface area contributed by atoms with Crippen LogP contribution in [0.2, 0.25) is 0 Å². The molecule has 1 amide bonds. The van der Waals surface area contributed by atoms with E-state index < -0.39 is 23.1 Å². The highest BCUT2D eigenvalue weighted by Gasteiger charge is 2.37. The Morgan fingerprint density at radius 2 is 2.10 bits per heavy atom. The molecule has 1 fully saturated rings. The number of amides is 1. The molecule has 0 radical (unpaired) electrons. The van der Waals surface area contributed by atoms with Crippen LogP contribution in [0.5, 0.6) is 0 Å². The number of carbonyl (C=O) groups excluding carboxylic acids is 1. The average Bonchev–Trinajstić information content (AvgIpc) is 2.45. The molecule has 0 aliphatic carbocycles. The van der Waals surface area contributed by atoms with Gasteiger partial charge in [-0.3, -0.25) is 4.79 Å². The Bertz CT molecular complexity index is 518. The summed E-state index contributed by atoms with van der Waals surface area (Å²) in [5, 5.41) is 12.9. The lowest BCUT2D eigenvalue weighted by atomic mass is 9.95. The van der Waals surface area contributed by atoms with E-state index in [0.29, 0.717) is 18.4 Å². The van der Waals surface area contributed by atoms with Crippen molar-refractivity contribution in [2.75, 3.05) is 18.1 Å². The van der Waals surface area contributed by atoms with Crippen molar-refractivity contribution in [3.63, 3.8) is 0 Å². The Kier molecular flexibility index (Phi) is 5.22. The highest BCUT2D eigenvalue weighted by atomic mass is 32.2. The molecule has 0 saturated carbocycles. The molecule has 3 nitrogen and oxygen atoms in total. The molecular formula is C15H19F2NO2S. The van der Waals surface area contributed by atoms with E-state index in [1.165, 1.54) is 12.1 Å². The number of nitrogens with one attached hydrogen (secondary N) is 1. The maximum absolute atomic E-state index is 13.7. The van der Waals surface area contributed by atoms with Gasteiger partial charge in [0.2, 0.25) is 0 Å². The van der Waals surface area contributed by atoms with E-state index in [0.717, 1.165) is 17.6 Å². The Hall–Kier alpha value is -1.14. The van der Waals surface area contributed by atoms with Gasteiger partial charge in [0.1, 0.15) is 17.2 Å². The summed E-state index contributed by atoms with van der Waals surface area (Å²) >= 11 is 1.71. The Morgan fingerprint density at radius 1 is 1.43 bits per heavy atom. The van der Waals surface area contributed by atoms with Crippen LogP contribution in [0, 0.1) is 11.6 Å². The number of hydrogen-bond donors (Lipinski definition) is 2. The van der Waals surface area contributed by atoms with E-state index in [1.807, 2.05) is 0 Å². The Morgan fingerprint density at radius 3 is 2.71 bits per heavy atom. The summed E-state index contributed by atoms with van der Waals surface area (Å²) in [4.78, 5) is 12.1. The molecule has 0 bridgehead atoms. The number of aliphatic hydroxyl groups is 1. The van der Waals surface area contributed by atoms with Gasteiger partial charge in [0.15, 0.2) is 0 Å². The van der Waals surface area contributed by atoms with Crippen LogP contribution in [-0.4, -0.2) is 34.7 Å². The lowest BCUT2D eigenvalue weighted by Crippen LogP contribution is -2.49. The van der Waals surface area contributed by atoms with Crippen molar-refractivity contribution in [1.82, 2.24) is 5.32 Å². The standard InChI is InChI=1S/C15H19F2NO2S/c1-10(12-3-2-11(16)8-13(12)17)9-18-14(19)15(20)4-6-21-7-5-15/h2-3,8,10,20H,4-7,9H2,1H3,(H,18,19)/t10-/m0/s1. The molecule has 0 unspecified atom stereocenters. The third-order valence-electron chi connectivity index (χ3n) is 3.80. The molecule has 21 heavy (non-hydrogen) atoms. The number of halogens is 2. The lowest BCUT2D eigenvalue weighted by molar-refractivity contribution is -0.140. The van der Waals surface area contributed by atoms with E-state index in [2.05, 4.69) is 5.32 Å². The van der Waals surface area contributed by atoms with Crippen LogP contribution in [0.15, 0.2) is 18.2 Å². The maximum Gasteiger partial charge on any atom is 0.252 e. The quantitative estimate of drug-likeness (QED) is 0.897. The first-order chi connectivity index (χ1) is 9.92. The molecule has 1 aromatic carbocycles. The smallest absolute Gasteiger partial charge is 0.252 e. The summed E-state index contributed by atoms with van der Waals surface area (Å²) in [5.41, 5.74) is -0.963. The van der Waals surface area contributed by atoms with Crippen molar-refractivity contribution in [1.29, 1.82) is 0 Å². The van der Waals surface area contributed by atoms with Gasteiger partial charge in [0, 0.05) is 18.5 Å². The van der Waals surface area contributed by atoms with E-state index >= 15 is 0 Å². The largest absolute Gasteiger partial charge is 0.380 e. The molecule has 1 aromatic rings. The zero-order valence-electron chi connectivity index (χ0n) is 11.9. The fraction of sp³-hybridized carbons (Fsp3) is 0.533. The normalized spacial score (nSPS) is 19.0. The third-order valence-corrected chi connectivity index (χ3v) is 4.79. The van der Waals surface area contributed by atoms with E-state index in [1.54, 1.807) is 18.7 Å². The van der Waals surface area contributed by atoms with Gasteiger partial charge in [-0.1, -0.05) is 13.0 Å². The van der Waals surface area contributed by atoms with Crippen LogP contribution in [-0.2, 0) is 4.79 Å². The lowest BCUT2D eigenvalue weighted by Gasteiger charge is -2.30. The average molecular weight is 315 g/mol. The summed E-state index contributed by atoms with van der Waals surface area (Å²) in [6.07, 6.45) is 0.867. The fourth-order valence-corrected chi connectivity index (χ4v) is 3.53. The highest BCUT2D eigenvalue weighted by molar-refractivity contribution is 7.99. The second-order valence-corrected chi connectivity index (χ2v) is 6.65. The zero-order chi connectivity index (χ0) is 15.5. The molecule has 116 valence electrons. The van der Waals surface area contributed by atoms with Crippen LogP contribution >= 0.6 is 11.8 Å². The Labute approximate surface area is 127 Å². The predicted octanol–water partition coefficient (Wildman–Crippen LogP) is 2.44. The molecule has 0 spiro atoms. The zero-order valence-corrected chi connectivity index (χ0v) is 12.7. The van der Waals surface area contributed by atoms with Gasteiger partial charge in [-0.2, -0.15) is 11.8 Å². The molecule has 2 N–H and O–H groups in total. The fourth-order valence-electron chi connectivity index (χ4n) is 2.36. The van der Waals surface area contributed by atoms with Crippen molar-refractivity contribution in [2.24, 2.45) is 0 Å². The molecular weight excluding hydrogens is 296 g/mol. The van der Waals surface area contributed by atoms with Crippen LogP contribution in [0.3, 0.4) is 0 Å². The first kappa shape index (κ1) is 16.2. The van der Waals surface area contributed by atoms with Crippen LogP contribution in [0.4, 0.5) is 8.78 Å². The van der Waals surface area contributed by atoms with Gasteiger partial charge in [0.25, 0.3) is 5.91 Å². The third kappa shape index (κ3) is 3.95. The van der Waals surface area contributed by atoms with Crippen LogP contribution < -0.4 is 5.32 Å². The van der Waals surface area contributed by atoms with E-state index in [-0.39, 0.29) is 12.5 Å². The molecule has 0 aromatic heterocycles. The molecule has 2 rings (SSSR count). The highest BCUT2D eigenvalue weighted by Crippen LogP contribution is 2.27. The first-order valence-electron chi connectivity index (χ1n) is 6.96. The molecule has 1 saturated heterocycles. The number of benzene rings is 1. The molecule has 6 heteroatoms. The van der Waals surface area contributed by atoms with Gasteiger partial charge in [-0.25, -0.2) is 8.78 Å². The number of hydrogen-bond acceptors (Lipinski definition) is 3. The van der Waals surface area contributed by atoms with Crippen molar-refractivity contribution < 1.29 is 18.7 Å². The molecule has 1 heterocycles. The van der Waals surface area contributed by atoms with Gasteiger partial charge in [-0.05, 0) is 36.0 Å². The molecule has 1 atom stereocenters. The van der Waals surface area contributed by atoms with Crippen molar-refractivity contribution in [3.8, 4) is 0 Å². The summed E-state index contributed by atoms with van der Waals surface area (Å²) in [5.74, 6) is -0.433.